The summed E-state index contributed by atoms with van der Waals surface area (Å²) < 4.78 is 21.4. The Kier molecular flexibility index (Phi) is 5.89. The maximum atomic E-state index is 12.2. The summed E-state index contributed by atoms with van der Waals surface area (Å²) in [4.78, 5) is 27.8. The number of carbonyl (C=O) groups excluding carboxylic acids is 2. The van der Waals surface area contributed by atoms with Gasteiger partial charge in [0.15, 0.2) is 5.58 Å². The first-order valence-corrected chi connectivity index (χ1v) is 9.54. The second kappa shape index (κ2) is 9.08. The van der Waals surface area contributed by atoms with Crippen molar-refractivity contribution in [1.29, 1.82) is 0 Å². The maximum absolute atomic E-state index is 12.2. The van der Waals surface area contributed by atoms with Crippen molar-refractivity contribution in [2.24, 2.45) is 0 Å². The van der Waals surface area contributed by atoms with E-state index in [9.17, 15) is 9.59 Å². The third-order valence-corrected chi connectivity index (χ3v) is 4.37. The van der Waals surface area contributed by atoms with Crippen molar-refractivity contribution in [3.63, 3.8) is 0 Å². The topological polar surface area (TPSA) is 101 Å². The first-order valence-electron chi connectivity index (χ1n) is 9.54. The van der Waals surface area contributed by atoms with Crippen LogP contribution in [-0.2, 0) is 11.3 Å². The maximum Gasteiger partial charge on any atom is 0.345 e. The third kappa shape index (κ3) is 4.69. The van der Waals surface area contributed by atoms with Gasteiger partial charge in [-0.2, -0.15) is 0 Å². The highest BCUT2D eigenvalue weighted by atomic mass is 16.5. The van der Waals surface area contributed by atoms with Gasteiger partial charge in [-0.15, -0.1) is 0 Å². The summed E-state index contributed by atoms with van der Waals surface area (Å²) >= 11 is 0. The van der Waals surface area contributed by atoms with E-state index in [1.54, 1.807) is 67.7 Å². The van der Waals surface area contributed by atoms with E-state index in [-0.39, 0.29) is 12.6 Å². The summed E-state index contributed by atoms with van der Waals surface area (Å²) in [6, 6.07) is 14.9. The Morgan fingerprint density at radius 1 is 0.968 bits per heavy atom. The SMILES string of the molecule is CCOC(=O)c1ccc(OCc2noc3cc(OC(=O)c4cccnc4)ccc23)cc1. The molecule has 0 fully saturated rings. The molecule has 2 aromatic heterocycles. The molecule has 156 valence electrons. The van der Waals surface area contributed by atoms with Crippen LogP contribution in [-0.4, -0.2) is 28.7 Å². The van der Waals surface area contributed by atoms with Crippen molar-refractivity contribution in [2.45, 2.75) is 13.5 Å². The van der Waals surface area contributed by atoms with Crippen LogP contribution < -0.4 is 9.47 Å². The number of hydrogen-bond donors (Lipinski definition) is 0. The Balaban J connectivity index is 1.41. The van der Waals surface area contributed by atoms with Gasteiger partial charge in [-0.3, -0.25) is 4.98 Å². The smallest absolute Gasteiger partial charge is 0.345 e. The largest absolute Gasteiger partial charge is 0.487 e. The van der Waals surface area contributed by atoms with Crippen LogP contribution in [0.5, 0.6) is 11.5 Å². The molecule has 0 amide bonds. The predicted molar refractivity (Wildman–Crippen MR) is 110 cm³/mol. The molecule has 0 saturated carbocycles. The standard InChI is InChI=1S/C23H18N2O6/c1-2-28-22(26)15-5-7-17(8-6-15)29-14-20-19-10-9-18(12-21(19)31-25-20)30-23(27)16-4-3-11-24-13-16/h3-13H,2,14H2,1H3. The molecule has 0 aliphatic rings. The van der Waals surface area contributed by atoms with E-state index >= 15 is 0 Å². The van der Waals surface area contributed by atoms with Gasteiger partial charge in [0.05, 0.1) is 17.7 Å². The molecule has 8 heteroatoms. The van der Waals surface area contributed by atoms with E-state index < -0.39 is 5.97 Å². The second-order valence-corrected chi connectivity index (χ2v) is 6.45. The number of nitrogens with zero attached hydrogens (tertiary/aromatic N) is 2. The molecule has 8 nitrogen and oxygen atoms in total. The highest BCUT2D eigenvalue weighted by Crippen LogP contribution is 2.25. The molecule has 0 atom stereocenters. The van der Waals surface area contributed by atoms with E-state index in [4.69, 9.17) is 18.7 Å². The fourth-order valence-corrected chi connectivity index (χ4v) is 2.84. The van der Waals surface area contributed by atoms with Gasteiger partial charge in [-0.05, 0) is 55.5 Å². The molecule has 0 aliphatic carbocycles. The molecular formula is C23H18N2O6. The van der Waals surface area contributed by atoms with Crippen molar-refractivity contribution in [2.75, 3.05) is 6.61 Å². The molecule has 4 rings (SSSR count). The van der Waals surface area contributed by atoms with Gasteiger partial charge >= 0.3 is 11.9 Å². The summed E-state index contributed by atoms with van der Waals surface area (Å²) in [5.74, 6) is 0.0177. The van der Waals surface area contributed by atoms with Gasteiger partial charge in [-0.1, -0.05) is 5.16 Å². The molecule has 0 unspecified atom stereocenters. The molecule has 0 radical (unpaired) electrons. The fourth-order valence-electron chi connectivity index (χ4n) is 2.84. The Morgan fingerprint density at radius 2 is 1.77 bits per heavy atom. The van der Waals surface area contributed by atoms with Gasteiger partial charge in [0.1, 0.15) is 23.8 Å². The minimum atomic E-state index is -0.512. The van der Waals surface area contributed by atoms with Gasteiger partial charge in [0, 0.05) is 23.8 Å². The number of rotatable bonds is 7. The van der Waals surface area contributed by atoms with Crippen molar-refractivity contribution in [1.82, 2.24) is 10.1 Å². The number of benzene rings is 2. The molecular weight excluding hydrogens is 400 g/mol. The van der Waals surface area contributed by atoms with E-state index in [0.29, 0.717) is 40.5 Å². The number of aromatic nitrogens is 2. The number of fused-ring (bicyclic) bond motifs is 1. The lowest BCUT2D eigenvalue weighted by Crippen LogP contribution is -2.08. The van der Waals surface area contributed by atoms with Gasteiger partial charge < -0.3 is 18.7 Å². The van der Waals surface area contributed by atoms with Crippen LogP contribution in [0.25, 0.3) is 11.0 Å². The average molecular weight is 418 g/mol. The van der Waals surface area contributed by atoms with E-state index in [0.717, 1.165) is 5.39 Å². The Bertz CT molecular complexity index is 1200. The molecule has 0 saturated heterocycles. The van der Waals surface area contributed by atoms with Crippen molar-refractivity contribution in [3.05, 3.63) is 83.8 Å². The van der Waals surface area contributed by atoms with Crippen LogP contribution >= 0.6 is 0 Å². The summed E-state index contributed by atoms with van der Waals surface area (Å²) in [7, 11) is 0. The summed E-state index contributed by atoms with van der Waals surface area (Å²) in [6.07, 6.45) is 3.01. The average Bonchev–Trinajstić information content (AvgIpc) is 3.21. The van der Waals surface area contributed by atoms with Crippen LogP contribution in [0.1, 0.15) is 33.3 Å². The van der Waals surface area contributed by atoms with Crippen molar-refractivity contribution >= 4 is 22.9 Å². The molecule has 2 aromatic carbocycles. The van der Waals surface area contributed by atoms with Gasteiger partial charge in [0.2, 0.25) is 0 Å². The number of hydrogen-bond acceptors (Lipinski definition) is 8. The molecule has 31 heavy (non-hydrogen) atoms. The lowest BCUT2D eigenvalue weighted by molar-refractivity contribution is 0.0526. The molecule has 0 bridgehead atoms. The molecule has 2 heterocycles. The van der Waals surface area contributed by atoms with E-state index in [1.165, 1.54) is 6.20 Å². The van der Waals surface area contributed by atoms with Crippen molar-refractivity contribution in [3.8, 4) is 11.5 Å². The number of carbonyl (C=O) groups is 2. The van der Waals surface area contributed by atoms with Crippen LogP contribution in [0.15, 0.2) is 71.5 Å². The zero-order valence-electron chi connectivity index (χ0n) is 16.6. The summed E-state index contributed by atoms with van der Waals surface area (Å²) in [5, 5.41) is 4.77. The zero-order valence-corrected chi connectivity index (χ0v) is 16.6. The Hall–Kier alpha value is -4.20. The minimum Gasteiger partial charge on any atom is -0.487 e. The quantitative estimate of drug-likeness (QED) is 0.325. The fraction of sp³-hybridized carbons (Fsp3) is 0.130. The normalized spacial score (nSPS) is 10.6. The lowest BCUT2D eigenvalue weighted by Gasteiger charge is -2.06. The summed E-state index contributed by atoms with van der Waals surface area (Å²) in [6.45, 7) is 2.24. The Labute approximate surface area is 177 Å². The molecule has 0 aliphatic heterocycles. The summed E-state index contributed by atoms with van der Waals surface area (Å²) in [5.41, 5.74) is 1.86. The molecule has 0 N–H and O–H groups in total. The second-order valence-electron chi connectivity index (χ2n) is 6.45. The lowest BCUT2D eigenvalue weighted by atomic mass is 10.2. The number of pyridine rings is 1. The highest BCUT2D eigenvalue weighted by Gasteiger charge is 2.13. The first kappa shape index (κ1) is 20.1. The van der Waals surface area contributed by atoms with Gasteiger partial charge in [-0.25, -0.2) is 9.59 Å². The third-order valence-electron chi connectivity index (χ3n) is 4.37. The first-order chi connectivity index (χ1) is 15.1. The number of ether oxygens (including phenoxy) is 3. The minimum absolute atomic E-state index is 0.167. The van der Waals surface area contributed by atoms with E-state index in [1.807, 2.05) is 0 Å². The predicted octanol–water partition coefficient (Wildman–Crippen LogP) is 4.20. The zero-order chi connectivity index (χ0) is 21.6. The number of esters is 2. The monoisotopic (exact) mass is 418 g/mol. The van der Waals surface area contributed by atoms with E-state index in [2.05, 4.69) is 10.1 Å². The van der Waals surface area contributed by atoms with Crippen LogP contribution in [0.3, 0.4) is 0 Å². The van der Waals surface area contributed by atoms with Crippen molar-refractivity contribution < 1.29 is 28.3 Å². The van der Waals surface area contributed by atoms with Crippen LogP contribution in [0.2, 0.25) is 0 Å². The van der Waals surface area contributed by atoms with Crippen LogP contribution in [0.4, 0.5) is 0 Å². The molecule has 0 spiro atoms. The highest BCUT2D eigenvalue weighted by molar-refractivity contribution is 5.91. The molecule has 4 aromatic rings. The Morgan fingerprint density at radius 3 is 2.52 bits per heavy atom. The van der Waals surface area contributed by atoms with Crippen LogP contribution in [0, 0.1) is 0 Å². The van der Waals surface area contributed by atoms with Gasteiger partial charge in [0.25, 0.3) is 0 Å².